The number of carbonyl (C=O) groups excluding carboxylic acids is 2. The van der Waals surface area contributed by atoms with E-state index in [2.05, 4.69) is 21.1 Å². The van der Waals surface area contributed by atoms with E-state index in [1.54, 1.807) is 56.6 Å². The number of aromatic nitrogens is 5. The predicted molar refractivity (Wildman–Crippen MR) is 142 cm³/mol. The van der Waals surface area contributed by atoms with Gasteiger partial charge in [0.15, 0.2) is 5.82 Å². The maximum Gasteiger partial charge on any atom is 0.267 e. The van der Waals surface area contributed by atoms with Crippen LogP contribution >= 0.6 is 0 Å². The summed E-state index contributed by atoms with van der Waals surface area (Å²) in [5.74, 6) is -1.48. The fourth-order valence-electron chi connectivity index (χ4n) is 5.13. The Bertz CT molecular complexity index is 1800. The molecule has 13 nitrogen and oxygen atoms in total. The molecule has 3 aromatic heterocycles. The van der Waals surface area contributed by atoms with Crippen LogP contribution in [-0.2, 0) is 16.8 Å². The normalized spacial score (nSPS) is 16.9. The maximum atomic E-state index is 13.4. The fourth-order valence-corrected chi connectivity index (χ4v) is 6.52. The number of fused-ring (bicyclic) bond motifs is 2. The standard InChI is InChI=1S/C26H24N8O5S/c1-15(2)40(38,39)32-10-16(11-32)21(9-27)33-12-20(22-19-7-8-31(14-35)23(19)29-13-28-22)24(30-33)34-25(36)17-5-3-4-6-18(17)26(34)37/h3-8,12-13,15-16,21,35H,10-11,14H2,1-2H3. The molecular weight excluding hydrogens is 536 g/mol. The van der Waals surface area contributed by atoms with Crippen molar-refractivity contribution in [2.45, 2.75) is 31.9 Å². The number of sulfonamides is 1. The van der Waals surface area contributed by atoms with E-state index in [0.717, 1.165) is 4.90 Å². The molecule has 40 heavy (non-hydrogen) atoms. The molecule has 204 valence electrons. The first kappa shape index (κ1) is 25.8. The van der Waals surface area contributed by atoms with Gasteiger partial charge in [0.25, 0.3) is 11.8 Å². The Morgan fingerprint density at radius 1 is 1.07 bits per heavy atom. The molecule has 6 rings (SSSR count). The number of imide groups is 1. The zero-order chi connectivity index (χ0) is 28.3. The van der Waals surface area contributed by atoms with Gasteiger partial charge in [-0.2, -0.15) is 10.4 Å². The number of rotatable bonds is 7. The molecule has 1 N–H and O–H groups in total. The van der Waals surface area contributed by atoms with Gasteiger partial charge in [-0.15, -0.1) is 0 Å². The van der Waals surface area contributed by atoms with E-state index in [9.17, 15) is 28.4 Å². The molecule has 1 saturated heterocycles. The van der Waals surface area contributed by atoms with Crippen LogP contribution in [0.2, 0.25) is 0 Å². The molecule has 1 aromatic carbocycles. The van der Waals surface area contributed by atoms with Crippen molar-refractivity contribution in [3.8, 4) is 17.3 Å². The zero-order valence-electron chi connectivity index (χ0n) is 21.5. The first-order chi connectivity index (χ1) is 19.2. The van der Waals surface area contributed by atoms with Crippen LogP contribution in [0.15, 0.2) is 49.1 Å². The van der Waals surface area contributed by atoms with Crippen molar-refractivity contribution in [3.63, 3.8) is 0 Å². The number of nitrogens with zero attached hydrogens (tertiary/aromatic N) is 8. The highest BCUT2D eigenvalue weighted by atomic mass is 32.2. The number of hydrogen-bond acceptors (Lipinski definition) is 9. The van der Waals surface area contributed by atoms with Crippen LogP contribution in [0.4, 0.5) is 5.82 Å². The topological polar surface area (TPSA) is 167 Å². The van der Waals surface area contributed by atoms with Crippen LogP contribution in [0.1, 0.15) is 40.6 Å². The van der Waals surface area contributed by atoms with Crippen LogP contribution in [0.3, 0.4) is 0 Å². The molecule has 1 fully saturated rings. The minimum absolute atomic E-state index is 0.00539. The summed E-state index contributed by atoms with van der Waals surface area (Å²) in [7, 11) is -3.47. The molecule has 1 atom stereocenters. The Morgan fingerprint density at radius 3 is 2.35 bits per heavy atom. The highest BCUT2D eigenvalue weighted by molar-refractivity contribution is 7.89. The predicted octanol–water partition coefficient (Wildman–Crippen LogP) is 1.78. The van der Waals surface area contributed by atoms with Gasteiger partial charge in [0, 0.05) is 36.8 Å². The molecule has 0 bridgehead atoms. The van der Waals surface area contributed by atoms with Gasteiger partial charge in [-0.25, -0.2) is 27.6 Å². The summed E-state index contributed by atoms with van der Waals surface area (Å²) >= 11 is 0. The number of aliphatic hydroxyl groups excluding tert-OH is 1. The lowest BCUT2D eigenvalue weighted by atomic mass is 9.95. The highest BCUT2D eigenvalue weighted by Crippen LogP contribution is 2.39. The molecular formula is C26H24N8O5S. The Labute approximate surface area is 228 Å². The summed E-state index contributed by atoms with van der Waals surface area (Å²) in [6, 6.07) is 9.49. The Hall–Kier alpha value is -4.45. The lowest BCUT2D eigenvalue weighted by Crippen LogP contribution is -2.54. The molecule has 5 heterocycles. The van der Waals surface area contributed by atoms with Gasteiger partial charge >= 0.3 is 0 Å². The summed E-state index contributed by atoms with van der Waals surface area (Å²) in [6.45, 7) is 3.18. The first-order valence-electron chi connectivity index (χ1n) is 12.5. The van der Waals surface area contributed by atoms with Crippen LogP contribution in [0.25, 0.3) is 22.3 Å². The van der Waals surface area contributed by atoms with Crippen LogP contribution in [-0.4, -0.2) is 72.3 Å². The summed E-state index contributed by atoms with van der Waals surface area (Å²) < 4.78 is 29.3. The van der Waals surface area contributed by atoms with E-state index < -0.39 is 33.1 Å². The first-order valence-corrected chi connectivity index (χ1v) is 14.0. The van der Waals surface area contributed by atoms with Crippen molar-refractivity contribution < 1.29 is 23.1 Å². The van der Waals surface area contributed by atoms with Crippen molar-refractivity contribution in [2.75, 3.05) is 18.0 Å². The van der Waals surface area contributed by atoms with Crippen molar-refractivity contribution in [1.29, 1.82) is 5.26 Å². The molecule has 0 saturated carbocycles. The number of aliphatic hydroxyl groups is 1. The number of carbonyl (C=O) groups is 2. The highest BCUT2D eigenvalue weighted by Gasteiger charge is 2.44. The summed E-state index contributed by atoms with van der Waals surface area (Å²) in [4.78, 5) is 36.5. The molecule has 2 aliphatic rings. The van der Waals surface area contributed by atoms with E-state index >= 15 is 0 Å². The van der Waals surface area contributed by atoms with Gasteiger partial charge in [-0.3, -0.25) is 14.3 Å². The van der Waals surface area contributed by atoms with Gasteiger partial charge in [-0.1, -0.05) is 12.1 Å². The number of anilines is 1. The minimum atomic E-state index is -3.47. The second kappa shape index (κ2) is 9.33. The maximum absolute atomic E-state index is 13.4. The van der Waals surface area contributed by atoms with Crippen LogP contribution in [0, 0.1) is 17.2 Å². The Morgan fingerprint density at radius 2 is 1.75 bits per heavy atom. The van der Waals surface area contributed by atoms with E-state index in [1.807, 2.05) is 0 Å². The van der Waals surface area contributed by atoms with Gasteiger partial charge < -0.3 is 9.67 Å². The molecule has 0 spiro atoms. The second-order valence-electron chi connectivity index (χ2n) is 9.97. The average Bonchev–Trinajstić information content (AvgIpc) is 3.60. The quantitative estimate of drug-likeness (QED) is 0.331. The van der Waals surface area contributed by atoms with E-state index in [-0.39, 0.29) is 42.7 Å². The molecule has 0 aliphatic carbocycles. The fraction of sp³-hybridized carbons (Fsp3) is 0.308. The zero-order valence-corrected chi connectivity index (χ0v) is 22.4. The third-order valence-corrected chi connectivity index (χ3v) is 9.59. The lowest BCUT2D eigenvalue weighted by molar-refractivity contribution is 0.0924. The van der Waals surface area contributed by atoms with Gasteiger partial charge in [0.05, 0.1) is 33.7 Å². The largest absolute Gasteiger partial charge is 0.376 e. The minimum Gasteiger partial charge on any atom is -0.376 e. The molecule has 2 aliphatic heterocycles. The summed E-state index contributed by atoms with van der Waals surface area (Å²) in [6.07, 6.45) is 4.48. The number of hydrogen-bond donors (Lipinski definition) is 1. The van der Waals surface area contributed by atoms with Crippen molar-refractivity contribution in [1.82, 2.24) is 28.6 Å². The van der Waals surface area contributed by atoms with Crippen molar-refractivity contribution in [2.24, 2.45) is 5.92 Å². The molecule has 4 aromatic rings. The van der Waals surface area contributed by atoms with Crippen molar-refractivity contribution in [3.05, 3.63) is 60.2 Å². The Kier molecular flexibility index (Phi) is 6.02. The van der Waals surface area contributed by atoms with Crippen LogP contribution < -0.4 is 4.90 Å². The average molecular weight is 561 g/mol. The van der Waals surface area contributed by atoms with Gasteiger partial charge in [0.2, 0.25) is 10.0 Å². The number of amides is 2. The third-order valence-electron chi connectivity index (χ3n) is 7.38. The molecule has 2 amide bonds. The van der Waals surface area contributed by atoms with E-state index in [4.69, 9.17) is 0 Å². The second-order valence-corrected chi connectivity index (χ2v) is 12.5. The van der Waals surface area contributed by atoms with E-state index in [0.29, 0.717) is 22.3 Å². The van der Waals surface area contributed by atoms with Gasteiger partial charge in [-0.05, 0) is 32.0 Å². The molecule has 14 heteroatoms. The summed E-state index contributed by atoms with van der Waals surface area (Å²) in [5, 5.41) is 24.4. The van der Waals surface area contributed by atoms with E-state index in [1.165, 1.54) is 19.9 Å². The summed E-state index contributed by atoms with van der Waals surface area (Å²) in [5.41, 5.74) is 1.56. The third kappa shape index (κ3) is 3.74. The van der Waals surface area contributed by atoms with Crippen LogP contribution in [0.5, 0.6) is 0 Å². The SMILES string of the molecule is CC(C)S(=O)(=O)N1CC(C(C#N)n2cc(-c3ncnc4c3ccn4CO)c(N3C(=O)c4ccccc4C3=O)n2)C1. The van der Waals surface area contributed by atoms with Crippen molar-refractivity contribution >= 4 is 38.7 Å². The number of nitriles is 1. The van der Waals surface area contributed by atoms with Gasteiger partial charge in [0.1, 0.15) is 24.7 Å². The lowest BCUT2D eigenvalue weighted by Gasteiger charge is -2.40. The smallest absolute Gasteiger partial charge is 0.267 e. The molecule has 0 radical (unpaired) electrons. The number of benzene rings is 1. The molecule has 1 unspecified atom stereocenters. The monoisotopic (exact) mass is 560 g/mol. The Balaban J connectivity index is 1.47.